The number of terminal acetylenes is 1. The minimum absolute atomic E-state index is 0.150. The van der Waals surface area contributed by atoms with Crippen molar-refractivity contribution in [3.8, 4) is 12.3 Å². The lowest BCUT2D eigenvalue weighted by molar-refractivity contribution is 0.0689. The van der Waals surface area contributed by atoms with Gasteiger partial charge in [0.2, 0.25) is 0 Å². The Balaban J connectivity index is 3.06. The predicted octanol–water partition coefficient (Wildman–Crippen LogP) is 0.921. The van der Waals surface area contributed by atoms with E-state index in [4.69, 9.17) is 11.5 Å². The average Bonchev–Trinajstić information content (AvgIpc) is 2.28. The summed E-state index contributed by atoms with van der Waals surface area (Å²) in [4.78, 5) is 26.5. The zero-order valence-corrected chi connectivity index (χ0v) is 9.52. The molecule has 5 heteroatoms. The van der Waals surface area contributed by atoms with Crippen molar-refractivity contribution in [3.05, 3.63) is 29.6 Å². The Morgan fingerprint density at radius 1 is 1.53 bits per heavy atom. The first kappa shape index (κ1) is 12.7. The van der Waals surface area contributed by atoms with Gasteiger partial charge in [0.05, 0.1) is 11.1 Å². The summed E-state index contributed by atoms with van der Waals surface area (Å²) in [5.41, 5.74) is -1.16. The summed E-state index contributed by atoms with van der Waals surface area (Å²) in [5, 5.41) is 11.4. The maximum absolute atomic E-state index is 11.8. The highest BCUT2D eigenvalue weighted by Gasteiger charge is 2.23. The van der Waals surface area contributed by atoms with Gasteiger partial charge in [-0.05, 0) is 26.0 Å². The van der Waals surface area contributed by atoms with Crippen molar-refractivity contribution in [2.24, 2.45) is 0 Å². The zero-order chi connectivity index (χ0) is 13.1. The molecule has 0 saturated heterocycles. The molecule has 0 spiro atoms. The molecule has 1 rings (SSSR count). The van der Waals surface area contributed by atoms with Gasteiger partial charge >= 0.3 is 5.97 Å². The summed E-state index contributed by atoms with van der Waals surface area (Å²) in [6, 6.07) is 2.76. The van der Waals surface area contributed by atoms with Crippen LogP contribution in [0.2, 0.25) is 0 Å². The van der Waals surface area contributed by atoms with Crippen LogP contribution in [0.3, 0.4) is 0 Å². The average molecular weight is 232 g/mol. The van der Waals surface area contributed by atoms with E-state index in [-0.39, 0.29) is 11.3 Å². The third-order valence-corrected chi connectivity index (χ3v) is 2.04. The van der Waals surface area contributed by atoms with Crippen LogP contribution in [-0.4, -0.2) is 27.5 Å². The Labute approximate surface area is 98.9 Å². The lowest BCUT2D eigenvalue weighted by Crippen LogP contribution is -2.42. The first-order chi connectivity index (χ1) is 7.87. The number of hydrogen-bond acceptors (Lipinski definition) is 3. The first-order valence-electron chi connectivity index (χ1n) is 4.86. The van der Waals surface area contributed by atoms with Gasteiger partial charge in [0.25, 0.3) is 5.91 Å². The Morgan fingerprint density at radius 2 is 2.18 bits per heavy atom. The number of rotatable bonds is 3. The Hall–Kier alpha value is -2.35. The third-order valence-electron chi connectivity index (χ3n) is 2.04. The highest BCUT2D eigenvalue weighted by Crippen LogP contribution is 2.08. The monoisotopic (exact) mass is 232 g/mol. The van der Waals surface area contributed by atoms with Gasteiger partial charge in [-0.3, -0.25) is 9.78 Å². The van der Waals surface area contributed by atoms with Gasteiger partial charge in [-0.1, -0.05) is 5.92 Å². The Bertz CT molecular complexity index is 501. The first-order valence-corrected chi connectivity index (χ1v) is 4.86. The molecule has 0 saturated carbocycles. The second-order valence-electron chi connectivity index (χ2n) is 3.93. The maximum atomic E-state index is 11.8. The highest BCUT2D eigenvalue weighted by atomic mass is 16.4. The van der Waals surface area contributed by atoms with Crippen molar-refractivity contribution in [3.63, 3.8) is 0 Å². The number of nitrogens with zero attached hydrogens (tertiary/aromatic N) is 1. The standard InChI is InChI=1S/C12H12N2O3/c1-4-12(2,3)14-10(15)9-8(11(16)17)6-5-7-13-9/h1,5-7H,2-3H3,(H,14,15)(H,16,17). The number of carboxylic acid groups (broad SMARTS) is 1. The normalized spacial score (nSPS) is 10.4. The summed E-state index contributed by atoms with van der Waals surface area (Å²) in [6.07, 6.45) is 6.58. The number of carbonyl (C=O) groups excluding carboxylic acids is 1. The molecule has 17 heavy (non-hydrogen) atoms. The molecule has 1 aromatic heterocycles. The number of amides is 1. The van der Waals surface area contributed by atoms with Gasteiger partial charge in [0, 0.05) is 6.20 Å². The second-order valence-corrected chi connectivity index (χ2v) is 3.93. The minimum atomic E-state index is -1.21. The van der Waals surface area contributed by atoms with Crippen LogP contribution < -0.4 is 5.32 Å². The molecular weight excluding hydrogens is 220 g/mol. The van der Waals surface area contributed by atoms with Crippen LogP contribution >= 0.6 is 0 Å². The summed E-state index contributed by atoms with van der Waals surface area (Å²) < 4.78 is 0. The number of nitrogens with one attached hydrogen (secondary N) is 1. The zero-order valence-electron chi connectivity index (χ0n) is 9.52. The molecule has 0 fully saturated rings. The largest absolute Gasteiger partial charge is 0.478 e. The summed E-state index contributed by atoms with van der Waals surface area (Å²) in [5.74, 6) is 0.571. The molecule has 0 atom stereocenters. The van der Waals surface area contributed by atoms with Crippen LogP contribution in [0.5, 0.6) is 0 Å². The van der Waals surface area contributed by atoms with Crippen molar-refractivity contribution in [1.29, 1.82) is 0 Å². The lowest BCUT2D eigenvalue weighted by Gasteiger charge is -2.19. The van der Waals surface area contributed by atoms with Crippen molar-refractivity contribution < 1.29 is 14.7 Å². The van der Waals surface area contributed by atoms with Crippen molar-refractivity contribution in [2.45, 2.75) is 19.4 Å². The summed E-state index contributed by atoms with van der Waals surface area (Å²) >= 11 is 0. The maximum Gasteiger partial charge on any atom is 0.338 e. The second kappa shape index (κ2) is 4.66. The van der Waals surface area contributed by atoms with Crippen LogP contribution in [0.1, 0.15) is 34.7 Å². The van der Waals surface area contributed by atoms with Crippen molar-refractivity contribution in [2.75, 3.05) is 0 Å². The van der Waals surface area contributed by atoms with E-state index in [9.17, 15) is 9.59 Å². The van der Waals surface area contributed by atoms with Crippen LogP contribution in [0.15, 0.2) is 18.3 Å². The van der Waals surface area contributed by atoms with Gasteiger partial charge in [0.15, 0.2) is 0 Å². The number of carboxylic acids is 1. The summed E-state index contributed by atoms with van der Waals surface area (Å²) in [6.45, 7) is 3.27. The lowest BCUT2D eigenvalue weighted by atomic mass is 10.1. The van der Waals surface area contributed by atoms with E-state index in [1.165, 1.54) is 18.3 Å². The van der Waals surface area contributed by atoms with Gasteiger partial charge in [0.1, 0.15) is 5.69 Å². The molecule has 0 aliphatic carbocycles. The molecule has 2 N–H and O–H groups in total. The minimum Gasteiger partial charge on any atom is -0.478 e. The topological polar surface area (TPSA) is 79.3 Å². The number of hydrogen-bond donors (Lipinski definition) is 2. The SMILES string of the molecule is C#CC(C)(C)NC(=O)c1ncccc1C(=O)O. The number of aromatic carboxylic acids is 1. The molecule has 88 valence electrons. The molecule has 1 aromatic rings. The van der Waals surface area contributed by atoms with E-state index in [1.54, 1.807) is 13.8 Å². The fourth-order valence-electron chi connectivity index (χ4n) is 1.14. The fraction of sp³-hybridized carbons (Fsp3) is 0.250. The number of carbonyl (C=O) groups is 2. The predicted molar refractivity (Wildman–Crippen MR) is 61.6 cm³/mol. The molecule has 0 aromatic carbocycles. The molecule has 0 aliphatic rings. The van der Waals surface area contributed by atoms with Gasteiger partial charge in [-0.15, -0.1) is 6.42 Å². The van der Waals surface area contributed by atoms with Crippen LogP contribution in [0, 0.1) is 12.3 Å². The van der Waals surface area contributed by atoms with Gasteiger partial charge in [-0.2, -0.15) is 0 Å². The van der Waals surface area contributed by atoms with Gasteiger partial charge < -0.3 is 10.4 Å². The molecule has 0 unspecified atom stereocenters. The molecule has 5 nitrogen and oxygen atoms in total. The molecule has 0 aliphatic heterocycles. The molecule has 0 bridgehead atoms. The molecule has 1 amide bonds. The van der Waals surface area contributed by atoms with Crippen LogP contribution in [-0.2, 0) is 0 Å². The van der Waals surface area contributed by atoms with Crippen molar-refractivity contribution >= 4 is 11.9 Å². The van der Waals surface area contributed by atoms with E-state index in [2.05, 4.69) is 16.2 Å². The quantitative estimate of drug-likeness (QED) is 0.759. The molecule has 0 radical (unpaired) electrons. The Morgan fingerprint density at radius 3 is 2.71 bits per heavy atom. The summed E-state index contributed by atoms with van der Waals surface area (Å²) in [7, 11) is 0. The van der Waals surface area contributed by atoms with E-state index in [0.717, 1.165) is 0 Å². The van der Waals surface area contributed by atoms with E-state index < -0.39 is 17.4 Å². The number of aromatic nitrogens is 1. The van der Waals surface area contributed by atoms with E-state index >= 15 is 0 Å². The van der Waals surface area contributed by atoms with Crippen LogP contribution in [0.25, 0.3) is 0 Å². The van der Waals surface area contributed by atoms with Gasteiger partial charge in [-0.25, -0.2) is 4.79 Å². The fourth-order valence-corrected chi connectivity index (χ4v) is 1.14. The van der Waals surface area contributed by atoms with E-state index in [1.807, 2.05) is 0 Å². The smallest absolute Gasteiger partial charge is 0.338 e. The van der Waals surface area contributed by atoms with E-state index in [0.29, 0.717) is 0 Å². The Kier molecular flexibility index (Phi) is 3.49. The van der Waals surface area contributed by atoms with Crippen molar-refractivity contribution in [1.82, 2.24) is 10.3 Å². The molecule has 1 heterocycles. The molecular formula is C12H12N2O3. The van der Waals surface area contributed by atoms with Crippen LogP contribution in [0.4, 0.5) is 0 Å². The highest BCUT2D eigenvalue weighted by molar-refractivity contribution is 6.03. The third kappa shape index (κ3) is 3.05. The number of pyridine rings is 1.